The Morgan fingerprint density at radius 3 is 2.70 bits per heavy atom. The fourth-order valence-electron chi connectivity index (χ4n) is 3.72. The molecule has 1 aliphatic rings. The van der Waals surface area contributed by atoms with Crippen LogP contribution in [0.3, 0.4) is 0 Å². The minimum absolute atomic E-state index is 0.102. The Balaban J connectivity index is 1.40. The number of nitrogens with zero attached hydrogens (tertiary/aromatic N) is 5. The minimum atomic E-state index is 0.102. The standard InChI is InChI=1S/C21H24IN5O3/c1-13-6-4-7-16(19(13)22)21(28)27-9-5-8-26(10-11-27)12-17-23-20(30-25-17)18-14(2)24-29-15(18)3/h4,6-7H,5,8-12H2,1-3H3. The summed E-state index contributed by atoms with van der Waals surface area (Å²) in [5.74, 6) is 1.82. The van der Waals surface area contributed by atoms with Crippen molar-refractivity contribution in [1.82, 2.24) is 25.1 Å². The number of aromatic nitrogens is 3. The first kappa shape index (κ1) is 21.0. The molecule has 30 heavy (non-hydrogen) atoms. The number of carbonyl (C=O) groups excluding carboxylic acids is 1. The molecule has 0 aliphatic carbocycles. The van der Waals surface area contributed by atoms with E-state index in [1.54, 1.807) is 0 Å². The summed E-state index contributed by atoms with van der Waals surface area (Å²) >= 11 is 2.26. The zero-order chi connectivity index (χ0) is 21.3. The molecule has 8 nitrogen and oxygen atoms in total. The van der Waals surface area contributed by atoms with E-state index in [9.17, 15) is 4.79 Å². The van der Waals surface area contributed by atoms with Crippen molar-refractivity contribution in [3.63, 3.8) is 0 Å². The number of benzene rings is 1. The van der Waals surface area contributed by atoms with Crippen molar-refractivity contribution in [2.75, 3.05) is 26.2 Å². The maximum atomic E-state index is 13.0. The molecule has 2 aromatic heterocycles. The summed E-state index contributed by atoms with van der Waals surface area (Å²) in [6.45, 7) is 9.36. The molecule has 1 aromatic carbocycles. The van der Waals surface area contributed by atoms with Gasteiger partial charge in [-0.15, -0.1) is 0 Å². The number of aryl methyl sites for hydroxylation is 3. The summed E-state index contributed by atoms with van der Waals surface area (Å²) in [7, 11) is 0. The van der Waals surface area contributed by atoms with Crippen molar-refractivity contribution in [2.45, 2.75) is 33.7 Å². The molecule has 3 aromatic rings. The minimum Gasteiger partial charge on any atom is -0.361 e. The summed E-state index contributed by atoms with van der Waals surface area (Å²) in [5, 5.41) is 8.06. The number of carbonyl (C=O) groups is 1. The van der Waals surface area contributed by atoms with E-state index in [4.69, 9.17) is 9.05 Å². The predicted octanol–water partition coefficient (Wildman–Crippen LogP) is 3.60. The third-order valence-electron chi connectivity index (χ3n) is 5.38. The second-order valence-corrected chi connectivity index (χ2v) is 8.65. The van der Waals surface area contributed by atoms with E-state index in [0.717, 1.165) is 52.0 Å². The zero-order valence-corrected chi connectivity index (χ0v) is 19.5. The molecule has 1 aliphatic heterocycles. The van der Waals surface area contributed by atoms with Crippen molar-refractivity contribution in [3.8, 4) is 11.5 Å². The Kier molecular flexibility index (Phi) is 6.19. The molecule has 0 unspecified atom stereocenters. The van der Waals surface area contributed by atoms with E-state index in [1.165, 1.54) is 0 Å². The molecule has 1 saturated heterocycles. The lowest BCUT2D eigenvalue weighted by molar-refractivity contribution is 0.0759. The molecule has 0 bridgehead atoms. The van der Waals surface area contributed by atoms with E-state index in [1.807, 2.05) is 43.9 Å². The monoisotopic (exact) mass is 521 g/mol. The van der Waals surface area contributed by atoms with E-state index >= 15 is 0 Å². The molecule has 9 heteroatoms. The van der Waals surface area contributed by atoms with Gasteiger partial charge in [-0.25, -0.2) is 0 Å². The van der Waals surface area contributed by atoms with Crippen LogP contribution >= 0.6 is 22.6 Å². The van der Waals surface area contributed by atoms with Crippen LogP contribution in [0.4, 0.5) is 0 Å². The van der Waals surface area contributed by atoms with Crippen molar-refractivity contribution in [1.29, 1.82) is 0 Å². The Bertz CT molecular complexity index is 1040. The number of amides is 1. The van der Waals surface area contributed by atoms with Crippen LogP contribution in [-0.2, 0) is 6.54 Å². The number of hydrogen-bond acceptors (Lipinski definition) is 7. The smallest absolute Gasteiger partial charge is 0.263 e. The highest BCUT2D eigenvalue weighted by atomic mass is 127. The topological polar surface area (TPSA) is 88.5 Å². The molecule has 158 valence electrons. The van der Waals surface area contributed by atoms with Gasteiger partial charge in [0.2, 0.25) is 0 Å². The Morgan fingerprint density at radius 2 is 1.93 bits per heavy atom. The molecule has 0 radical (unpaired) electrons. The fourth-order valence-corrected chi connectivity index (χ4v) is 4.31. The number of halogens is 1. The summed E-state index contributed by atoms with van der Waals surface area (Å²) < 4.78 is 11.6. The van der Waals surface area contributed by atoms with Crippen LogP contribution in [0.5, 0.6) is 0 Å². The van der Waals surface area contributed by atoms with E-state index < -0.39 is 0 Å². The highest BCUT2D eigenvalue weighted by Gasteiger charge is 2.24. The quantitative estimate of drug-likeness (QED) is 0.485. The lowest BCUT2D eigenvalue weighted by Crippen LogP contribution is -2.35. The number of hydrogen-bond donors (Lipinski definition) is 0. The van der Waals surface area contributed by atoms with Gasteiger partial charge in [0.15, 0.2) is 5.82 Å². The van der Waals surface area contributed by atoms with Gasteiger partial charge in [-0.2, -0.15) is 4.98 Å². The van der Waals surface area contributed by atoms with Crippen molar-refractivity contribution < 1.29 is 13.8 Å². The van der Waals surface area contributed by atoms with Crippen LogP contribution in [0, 0.1) is 24.3 Å². The molecule has 4 rings (SSSR count). The SMILES string of the molecule is Cc1cccc(C(=O)N2CCCN(Cc3noc(-c4c(C)noc4C)n3)CC2)c1I. The van der Waals surface area contributed by atoms with Crippen molar-refractivity contribution >= 4 is 28.5 Å². The molecule has 0 atom stereocenters. The predicted molar refractivity (Wildman–Crippen MR) is 119 cm³/mol. The maximum Gasteiger partial charge on any atom is 0.263 e. The molecule has 0 saturated carbocycles. The Morgan fingerprint density at radius 1 is 1.10 bits per heavy atom. The van der Waals surface area contributed by atoms with Crippen molar-refractivity contribution in [3.05, 3.63) is 50.2 Å². The fraction of sp³-hybridized carbons (Fsp3) is 0.429. The summed E-state index contributed by atoms with van der Waals surface area (Å²) in [6.07, 6.45) is 0.905. The normalized spacial score (nSPS) is 15.4. The largest absolute Gasteiger partial charge is 0.361 e. The van der Waals surface area contributed by atoms with Gasteiger partial charge in [0.1, 0.15) is 11.3 Å². The first-order valence-electron chi connectivity index (χ1n) is 9.96. The van der Waals surface area contributed by atoms with Gasteiger partial charge in [0.05, 0.1) is 17.8 Å². The molecule has 1 fully saturated rings. The lowest BCUT2D eigenvalue weighted by atomic mass is 10.1. The van der Waals surface area contributed by atoms with Gasteiger partial charge in [0, 0.05) is 29.7 Å². The molecule has 1 amide bonds. The van der Waals surface area contributed by atoms with E-state index in [2.05, 4.69) is 42.8 Å². The van der Waals surface area contributed by atoms with Crippen LogP contribution in [0.2, 0.25) is 0 Å². The van der Waals surface area contributed by atoms with Crippen LogP contribution in [0.25, 0.3) is 11.5 Å². The van der Waals surface area contributed by atoms with Crippen molar-refractivity contribution in [2.24, 2.45) is 0 Å². The summed E-state index contributed by atoms with van der Waals surface area (Å²) in [5.41, 5.74) is 3.40. The van der Waals surface area contributed by atoms with Gasteiger partial charge in [-0.05, 0) is 61.4 Å². The second-order valence-electron chi connectivity index (χ2n) is 7.57. The third-order valence-corrected chi connectivity index (χ3v) is 6.81. The lowest BCUT2D eigenvalue weighted by Gasteiger charge is -2.22. The maximum absolute atomic E-state index is 13.0. The van der Waals surface area contributed by atoms with E-state index in [-0.39, 0.29) is 5.91 Å². The van der Waals surface area contributed by atoms with Gasteiger partial charge < -0.3 is 13.9 Å². The number of rotatable bonds is 4. The zero-order valence-electron chi connectivity index (χ0n) is 17.3. The van der Waals surface area contributed by atoms with Gasteiger partial charge >= 0.3 is 0 Å². The second kappa shape index (κ2) is 8.84. The van der Waals surface area contributed by atoms with Gasteiger partial charge in [-0.3, -0.25) is 9.69 Å². The highest BCUT2D eigenvalue weighted by molar-refractivity contribution is 14.1. The molecule has 3 heterocycles. The molecular formula is C21H24IN5O3. The van der Waals surface area contributed by atoms with Gasteiger partial charge in [-0.1, -0.05) is 22.4 Å². The third kappa shape index (κ3) is 4.27. The van der Waals surface area contributed by atoms with E-state index in [0.29, 0.717) is 30.6 Å². The summed E-state index contributed by atoms with van der Waals surface area (Å²) in [4.78, 5) is 21.8. The average molecular weight is 521 g/mol. The Hall–Kier alpha value is -2.27. The summed E-state index contributed by atoms with van der Waals surface area (Å²) in [6, 6.07) is 5.89. The van der Waals surface area contributed by atoms with Crippen LogP contribution in [0.1, 0.15) is 39.6 Å². The molecule has 0 spiro atoms. The first-order valence-corrected chi connectivity index (χ1v) is 11.0. The van der Waals surface area contributed by atoms with Crippen LogP contribution in [0.15, 0.2) is 27.2 Å². The first-order chi connectivity index (χ1) is 14.4. The molecular weight excluding hydrogens is 497 g/mol. The van der Waals surface area contributed by atoms with Crippen LogP contribution in [-0.4, -0.2) is 57.2 Å². The molecule has 0 N–H and O–H groups in total. The van der Waals surface area contributed by atoms with Gasteiger partial charge in [0.25, 0.3) is 11.8 Å². The Labute approximate surface area is 188 Å². The average Bonchev–Trinajstić information content (AvgIpc) is 3.22. The van der Waals surface area contributed by atoms with Crippen LogP contribution < -0.4 is 0 Å². The highest BCUT2D eigenvalue weighted by Crippen LogP contribution is 2.25.